The summed E-state index contributed by atoms with van der Waals surface area (Å²) < 4.78 is 5.84. The Kier molecular flexibility index (Phi) is 7.01. The molecule has 2 fully saturated rings. The van der Waals surface area contributed by atoms with Crippen molar-refractivity contribution in [2.45, 2.75) is 83.4 Å². The summed E-state index contributed by atoms with van der Waals surface area (Å²) in [4.78, 5) is 35.2. The fraction of sp³-hybridized carbons (Fsp3) is 0.519. The maximum atomic E-state index is 13.4. The van der Waals surface area contributed by atoms with Gasteiger partial charge in [0.25, 0.3) is 5.91 Å². The van der Waals surface area contributed by atoms with Gasteiger partial charge in [-0.05, 0) is 64.7 Å². The first-order chi connectivity index (χ1) is 15.8. The molecule has 2 amide bonds. The molecular formula is C27H35N3O3. The van der Waals surface area contributed by atoms with Crippen molar-refractivity contribution in [3.63, 3.8) is 0 Å². The fourth-order valence-electron chi connectivity index (χ4n) is 5.01. The molecule has 0 spiro atoms. The number of benzene rings is 1. The van der Waals surface area contributed by atoms with Crippen LogP contribution in [0.1, 0.15) is 87.7 Å². The van der Waals surface area contributed by atoms with Gasteiger partial charge >= 0.3 is 6.09 Å². The molecule has 1 atom stereocenters. The summed E-state index contributed by atoms with van der Waals surface area (Å²) in [6.45, 7) is 6.37. The lowest BCUT2D eigenvalue weighted by Crippen LogP contribution is -2.46. The van der Waals surface area contributed by atoms with Crippen LogP contribution in [0.4, 0.5) is 10.6 Å². The van der Waals surface area contributed by atoms with E-state index in [1.807, 2.05) is 68.1 Å². The molecule has 0 bridgehead atoms. The third-order valence-electron chi connectivity index (χ3n) is 6.47. The van der Waals surface area contributed by atoms with Gasteiger partial charge in [0.2, 0.25) is 0 Å². The van der Waals surface area contributed by atoms with Gasteiger partial charge in [-0.3, -0.25) is 9.69 Å². The summed E-state index contributed by atoms with van der Waals surface area (Å²) in [6.07, 6.45) is 8.40. The Morgan fingerprint density at radius 1 is 0.970 bits per heavy atom. The van der Waals surface area contributed by atoms with Crippen molar-refractivity contribution in [2.75, 3.05) is 11.4 Å². The summed E-state index contributed by atoms with van der Waals surface area (Å²) in [6, 6.07) is 13.3. The number of hydrogen-bond acceptors (Lipinski definition) is 4. The van der Waals surface area contributed by atoms with Crippen molar-refractivity contribution in [3.8, 4) is 0 Å². The van der Waals surface area contributed by atoms with Crippen LogP contribution in [-0.2, 0) is 4.74 Å². The van der Waals surface area contributed by atoms with Gasteiger partial charge in [-0.25, -0.2) is 9.78 Å². The van der Waals surface area contributed by atoms with E-state index < -0.39 is 5.60 Å². The van der Waals surface area contributed by atoms with Crippen LogP contribution >= 0.6 is 0 Å². The first kappa shape index (κ1) is 23.3. The van der Waals surface area contributed by atoms with Gasteiger partial charge in [-0.2, -0.15) is 0 Å². The van der Waals surface area contributed by atoms with Crippen LogP contribution in [0.5, 0.6) is 0 Å². The predicted octanol–water partition coefficient (Wildman–Crippen LogP) is 6.13. The molecule has 33 heavy (non-hydrogen) atoms. The van der Waals surface area contributed by atoms with Gasteiger partial charge in [-0.15, -0.1) is 0 Å². The first-order valence-electron chi connectivity index (χ1n) is 12.2. The van der Waals surface area contributed by atoms with Gasteiger partial charge < -0.3 is 9.64 Å². The maximum absolute atomic E-state index is 13.4. The summed E-state index contributed by atoms with van der Waals surface area (Å²) >= 11 is 0. The van der Waals surface area contributed by atoms with E-state index in [0.717, 1.165) is 44.1 Å². The second-order valence-corrected chi connectivity index (χ2v) is 10.1. The second-order valence-electron chi connectivity index (χ2n) is 10.1. The van der Waals surface area contributed by atoms with Crippen LogP contribution in [-0.4, -0.2) is 40.1 Å². The Hall–Kier alpha value is -2.89. The molecule has 6 heteroatoms. The van der Waals surface area contributed by atoms with Crippen LogP contribution in [0.2, 0.25) is 0 Å². The lowest BCUT2D eigenvalue weighted by Gasteiger charge is -2.37. The number of amides is 2. The quantitative estimate of drug-likeness (QED) is 0.563. The van der Waals surface area contributed by atoms with Crippen LogP contribution in [0.15, 0.2) is 48.7 Å². The molecule has 176 valence electrons. The van der Waals surface area contributed by atoms with Crippen molar-refractivity contribution in [3.05, 3.63) is 59.8 Å². The smallest absolute Gasteiger partial charge is 0.416 e. The molecule has 0 radical (unpaired) electrons. The maximum Gasteiger partial charge on any atom is 0.416 e. The number of likely N-dealkylation sites (tertiary alicyclic amines) is 1. The molecule has 1 aliphatic heterocycles. The predicted molar refractivity (Wildman–Crippen MR) is 129 cm³/mol. The Balaban J connectivity index is 1.70. The molecule has 2 aliphatic rings. The molecule has 1 aliphatic carbocycles. The zero-order chi connectivity index (χ0) is 23.4. The van der Waals surface area contributed by atoms with Gasteiger partial charge in [0, 0.05) is 29.9 Å². The monoisotopic (exact) mass is 449 g/mol. The third-order valence-corrected chi connectivity index (χ3v) is 6.47. The Labute approximate surface area is 196 Å². The highest BCUT2D eigenvalue weighted by atomic mass is 16.6. The normalized spacial score (nSPS) is 19.4. The van der Waals surface area contributed by atoms with E-state index in [4.69, 9.17) is 9.72 Å². The van der Waals surface area contributed by atoms with Gasteiger partial charge in [-0.1, -0.05) is 43.5 Å². The Morgan fingerprint density at radius 3 is 2.39 bits per heavy atom. The number of aromatic nitrogens is 1. The number of ether oxygens (including phenoxy) is 1. The van der Waals surface area contributed by atoms with Crippen LogP contribution in [0, 0.1) is 0 Å². The highest BCUT2D eigenvalue weighted by Crippen LogP contribution is 2.39. The molecule has 6 nitrogen and oxygen atoms in total. The number of anilines is 1. The molecule has 4 rings (SSSR count). The molecule has 2 aromatic rings. The van der Waals surface area contributed by atoms with Crippen molar-refractivity contribution in [2.24, 2.45) is 0 Å². The zero-order valence-corrected chi connectivity index (χ0v) is 20.0. The van der Waals surface area contributed by atoms with E-state index in [2.05, 4.69) is 0 Å². The number of pyridine rings is 1. The molecule has 1 saturated heterocycles. The van der Waals surface area contributed by atoms with E-state index in [0.29, 0.717) is 17.9 Å². The van der Waals surface area contributed by atoms with Crippen LogP contribution < -0.4 is 4.90 Å². The first-order valence-corrected chi connectivity index (χ1v) is 12.2. The Morgan fingerprint density at radius 2 is 1.70 bits per heavy atom. The van der Waals surface area contributed by atoms with E-state index in [-0.39, 0.29) is 24.1 Å². The minimum Gasteiger partial charge on any atom is -0.443 e. The van der Waals surface area contributed by atoms with E-state index >= 15 is 0 Å². The minimum absolute atomic E-state index is 0.0226. The molecule has 1 saturated carbocycles. The number of nitrogens with zero attached hydrogens (tertiary/aromatic N) is 3. The van der Waals surface area contributed by atoms with Gasteiger partial charge in [0.15, 0.2) is 0 Å². The average molecular weight is 450 g/mol. The summed E-state index contributed by atoms with van der Waals surface area (Å²) in [5, 5.41) is 0. The van der Waals surface area contributed by atoms with Crippen molar-refractivity contribution >= 4 is 17.8 Å². The molecular weight excluding hydrogens is 414 g/mol. The number of hydrogen-bond donors (Lipinski definition) is 0. The highest BCUT2D eigenvalue weighted by molar-refractivity contribution is 5.95. The van der Waals surface area contributed by atoms with Gasteiger partial charge in [0.1, 0.15) is 11.4 Å². The van der Waals surface area contributed by atoms with Crippen molar-refractivity contribution in [1.29, 1.82) is 0 Å². The largest absolute Gasteiger partial charge is 0.443 e. The van der Waals surface area contributed by atoms with Gasteiger partial charge in [0.05, 0.1) is 6.04 Å². The standard InChI is InChI=1S/C27H35N3O3/c1-27(2,3)33-26(32)30(21-14-8-5-9-15-21)24-22(16-10-18-28-24)23-17-11-19-29(23)25(31)20-12-6-4-7-13-20/h4,6-7,10,12-13,16,18,21,23H,5,8-9,11,14-15,17,19H2,1-3H3/t23-/m0/s1. The lowest BCUT2D eigenvalue weighted by molar-refractivity contribution is 0.0556. The topological polar surface area (TPSA) is 62.7 Å². The molecule has 1 aromatic heterocycles. The second kappa shape index (κ2) is 9.94. The van der Waals surface area contributed by atoms with E-state index in [9.17, 15) is 9.59 Å². The third kappa shape index (κ3) is 5.37. The lowest BCUT2D eigenvalue weighted by atomic mass is 9.93. The van der Waals surface area contributed by atoms with Crippen LogP contribution in [0.3, 0.4) is 0 Å². The zero-order valence-electron chi connectivity index (χ0n) is 20.0. The molecule has 0 N–H and O–H groups in total. The highest BCUT2D eigenvalue weighted by Gasteiger charge is 2.37. The summed E-state index contributed by atoms with van der Waals surface area (Å²) in [7, 11) is 0. The SMILES string of the molecule is CC(C)(C)OC(=O)N(c1ncccc1[C@@H]1CCCN1C(=O)c1ccccc1)C1CCCCC1. The number of carbonyl (C=O) groups is 2. The minimum atomic E-state index is -0.596. The summed E-state index contributed by atoms with van der Waals surface area (Å²) in [5.41, 5.74) is 1.02. The van der Waals surface area contributed by atoms with Crippen molar-refractivity contribution in [1.82, 2.24) is 9.88 Å². The van der Waals surface area contributed by atoms with Crippen molar-refractivity contribution < 1.29 is 14.3 Å². The molecule has 1 aromatic carbocycles. The van der Waals surface area contributed by atoms with E-state index in [1.165, 1.54) is 6.42 Å². The summed E-state index contributed by atoms with van der Waals surface area (Å²) in [5.74, 6) is 0.658. The van der Waals surface area contributed by atoms with E-state index in [1.54, 1.807) is 11.1 Å². The number of carbonyl (C=O) groups excluding carboxylic acids is 2. The molecule has 0 unspecified atom stereocenters. The molecule has 2 heterocycles. The fourth-order valence-corrected chi connectivity index (χ4v) is 5.01. The Bertz CT molecular complexity index is 964. The average Bonchev–Trinajstić information content (AvgIpc) is 3.29. The number of rotatable bonds is 4. The van der Waals surface area contributed by atoms with Crippen LogP contribution in [0.25, 0.3) is 0 Å².